The van der Waals surface area contributed by atoms with E-state index in [4.69, 9.17) is 4.74 Å². The minimum absolute atomic E-state index is 0.221. The number of rotatable bonds is 3. The van der Waals surface area contributed by atoms with Crippen LogP contribution < -0.4 is 10.1 Å². The third-order valence-corrected chi connectivity index (χ3v) is 4.14. The summed E-state index contributed by atoms with van der Waals surface area (Å²) in [6.07, 6.45) is 0. The first-order chi connectivity index (χ1) is 11.7. The molecule has 0 saturated heterocycles. The average molecular weight is 323 g/mol. The maximum atomic E-state index is 13.2. The second-order valence-electron chi connectivity index (χ2n) is 5.55. The topological polar surface area (TPSA) is 67.0 Å². The molecule has 0 aliphatic carbocycles. The van der Waals surface area contributed by atoms with Crippen LogP contribution in [0.15, 0.2) is 48.5 Å². The van der Waals surface area contributed by atoms with Gasteiger partial charge in [0.25, 0.3) is 5.91 Å². The van der Waals surface area contributed by atoms with Crippen LogP contribution in [0.25, 0.3) is 11.3 Å². The fourth-order valence-electron chi connectivity index (χ4n) is 2.98. The predicted octanol–water partition coefficient (Wildman–Crippen LogP) is 3.06. The number of aromatic nitrogens is 2. The average Bonchev–Trinajstić information content (AvgIpc) is 3.17. The van der Waals surface area contributed by atoms with Gasteiger partial charge in [0, 0.05) is 11.1 Å². The summed E-state index contributed by atoms with van der Waals surface area (Å²) in [6.45, 7) is 0. The van der Waals surface area contributed by atoms with Gasteiger partial charge in [0.2, 0.25) is 0 Å². The molecule has 1 aromatic heterocycles. The summed E-state index contributed by atoms with van der Waals surface area (Å²) in [7, 11) is 1.60. The van der Waals surface area contributed by atoms with Crippen molar-refractivity contribution in [3.05, 3.63) is 71.2 Å². The van der Waals surface area contributed by atoms with Crippen molar-refractivity contribution in [1.29, 1.82) is 0 Å². The lowest BCUT2D eigenvalue weighted by atomic mass is 9.97. The number of nitrogens with one attached hydrogen (secondary N) is 2. The van der Waals surface area contributed by atoms with E-state index in [0.29, 0.717) is 17.1 Å². The smallest absolute Gasteiger partial charge is 0.270 e. The molecule has 6 heteroatoms. The molecular formula is C18H14FN3O2. The third-order valence-electron chi connectivity index (χ3n) is 4.14. The first-order valence-electron chi connectivity index (χ1n) is 7.46. The number of carbonyl (C=O) groups is 1. The quantitative estimate of drug-likeness (QED) is 0.778. The van der Waals surface area contributed by atoms with Gasteiger partial charge in [-0.1, -0.05) is 24.3 Å². The maximum absolute atomic E-state index is 13.2. The van der Waals surface area contributed by atoms with Crippen molar-refractivity contribution in [2.24, 2.45) is 0 Å². The van der Waals surface area contributed by atoms with Crippen LogP contribution in [-0.4, -0.2) is 23.2 Å². The van der Waals surface area contributed by atoms with Gasteiger partial charge in [0.15, 0.2) is 0 Å². The van der Waals surface area contributed by atoms with Crippen LogP contribution in [0.1, 0.15) is 27.7 Å². The first kappa shape index (κ1) is 14.4. The summed E-state index contributed by atoms with van der Waals surface area (Å²) in [6, 6.07) is 13.2. The molecule has 1 atom stereocenters. The molecule has 5 nitrogen and oxygen atoms in total. The Bertz CT molecular complexity index is 918. The minimum Gasteiger partial charge on any atom is -0.497 e. The van der Waals surface area contributed by atoms with Gasteiger partial charge in [0.1, 0.15) is 17.3 Å². The number of amides is 1. The standard InChI is InChI=1S/C18H14FN3O2/c1-24-13-4-2-3-11(9-13)16-14-15(10-5-7-12(19)8-6-10)20-18(23)17(14)22-21-16/h2-9,15H,1H3,(H,20,23)(H,21,22). The number of halogens is 1. The lowest BCUT2D eigenvalue weighted by Gasteiger charge is -2.13. The van der Waals surface area contributed by atoms with E-state index in [1.165, 1.54) is 12.1 Å². The fourth-order valence-corrected chi connectivity index (χ4v) is 2.98. The Balaban J connectivity index is 1.84. The van der Waals surface area contributed by atoms with Gasteiger partial charge in [-0.25, -0.2) is 4.39 Å². The van der Waals surface area contributed by atoms with Crippen LogP contribution in [0.3, 0.4) is 0 Å². The molecule has 1 aliphatic heterocycles. The van der Waals surface area contributed by atoms with Gasteiger partial charge in [-0.3, -0.25) is 9.89 Å². The van der Waals surface area contributed by atoms with Crippen molar-refractivity contribution in [1.82, 2.24) is 15.5 Å². The third kappa shape index (κ3) is 2.23. The monoisotopic (exact) mass is 323 g/mol. The van der Waals surface area contributed by atoms with Gasteiger partial charge in [0.05, 0.1) is 18.8 Å². The number of aromatic amines is 1. The van der Waals surface area contributed by atoms with Crippen molar-refractivity contribution in [2.75, 3.05) is 7.11 Å². The van der Waals surface area contributed by atoms with E-state index in [0.717, 1.165) is 16.7 Å². The zero-order valence-corrected chi connectivity index (χ0v) is 12.8. The molecule has 0 radical (unpaired) electrons. The molecule has 2 N–H and O–H groups in total. The Kier molecular flexibility index (Phi) is 3.30. The van der Waals surface area contributed by atoms with E-state index < -0.39 is 0 Å². The Morgan fingerprint density at radius 2 is 1.96 bits per heavy atom. The van der Waals surface area contributed by atoms with Crippen LogP contribution in [0.2, 0.25) is 0 Å². The Labute approximate surface area is 137 Å². The van der Waals surface area contributed by atoms with E-state index >= 15 is 0 Å². The number of benzene rings is 2. The van der Waals surface area contributed by atoms with E-state index in [-0.39, 0.29) is 17.8 Å². The molecule has 0 bridgehead atoms. The highest BCUT2D eigenvalue weighted by Gasteiger charge is 2.35. The van der Waals surface area contributed by atoms with Gasteiger partial charge < -0.3 is 10.1 Å². The number of carbonyl (C=O) groups excluding carboxylic acids is 1. The molecule has 24 heavy (non-hydrogen) atoms. The van der Waals surface area contributed by atoms with E-state index in [9.17, 15) is 9.18 Å². The van der Waals surface area contributed by atoms with Crippen molar-refractivity contribution >= 4 is 5.91 Å². The van der Waals surface area contributed by atoms with Gasteiger partial charge in [-0.15, -0.1) is 0 Å². The highest BCUT2D eigenvalue weighted by molar-refractivity contribution is 6.00. The highest BCUT2D eigenvalue weighted by Crippen LogP contribution is 2.37. The van der Waals surface area contributed by atoms with E-state index in [1.807, 2.05) is 24.3 Å². The van der Waals surface area contributed by atoms with Crippen molar-refractivity contribution < 1.29 is 13.9 Å². The molecule has 0 spiro atoms. The molecule has 0 saturated carbocycles. The molecule has 4 rings (SSSR count). The van der Waals surface area contributed by atoms with Crippen LogP contribution in [-0.2, 0) is 0 Å². The lowest BCUT2D eigenvalue weighted by Crippen LogP contribution is -2.21. The zero-order chi connectivity index (χ0) is 16.7. The molecule has 3 aromatic rings. The first-order valence-corrected chi connectivity index (χ1v) is 7.46. The number of H-pyrrole nitrogens is 1. The van der Waals surface area contributed by atoms with Gasteiger partial charge in [-0.05, 0) is 29.8 Å². The van der Waals surface area contributed by atoms with Gasteiger partial charge in [-0.2, -0.15) is 5.10 Å². The SMILES string of the molecule is COc1cccc(-c2n[nH]c3c2C(c2ccc(F)cc2)NC3=O)c1. The number of hydrogen-bond donors (Lipinski definition) is 2. The number of nitrogens with zero attached hydrogens (tertiary/aromatic N) is 1. The second-order valence-corrected chi connectivity index (χ2v) is 5.55. The highest BCUT2D eigenvalue weighted by atomic mass is 19.1. The molecule has 1 unspecified atom stereocenters. The van der Waals surface area contributed by atoms with Crippen LogP contribution >= 0.6 is 0 Å². The summed E-state index contributed by atoms with van der Waals surface area (Å²) < 4.78 is 18.4. The van der Waals surface area contributed by atoms with E-state index in [2.05, 4.69) is 15.5 Å². The Hall–Kier alpha value is -3.15. The van der Waals surface area contributed by atoms with Crippen molar-refractivity contribution in [3.8, 4) is 17.0 Å². The van der Waals surface area contributed by atoms with Crippen LogP contribution in [0, 0.1) is 5.82 Å². The molecule has 2 aromatic carbocycles. The normalized spacial score (nSPS) is 15.9. The molecule has 2 heterocycles. The lowest BCUT2D eigenvalue weighted by molar-refractivity contribution is 0.0955. The number of methoxy groups -OCH3 is 1. The molecule has 0 fully saturated rings. The minimum atomic E-state index is -0.368. The summed E-state index contributed by atoms with van der Waals surface area (Å²) in [4.78, 5) is 12.2. The van der Waals surface area contributed by atoms with E-state index in [1.54, 1.807) is 19.2 Å². The second kappa shape index (κ2) is 5.49. The van der Waals surface area contributed by atoms with Crippen LogP contribution in [0.4, 0.5) is 4.39 Å². The van der Waals surface area contributed by atoms with Crippen LogP contribution in [0.5, 0.6) is 5.75 Å². The summed E-state index contributed by atoms with van der Waals surface area (Å²) in [5, 5.41) is 10.0. The number of fused-ring (bicyclic) bond motifs is 1. The number of ether oxygens (including phenoxy) is 1. The van der Waals surface area contributed by atoms with Crippen molar-refractivity contribution in [3.63, 3.8) is 0 Å². The summed E-state index contributed by atoms with van der Waals surface area (Å²) in [5.74, 6) is 0.171. The molecule has 1 aliphatic rings. The fraction of sp³-hybridized carbons (Fsp3) is 0.111. The van der Waals surface area contributed by atoms with Crippen molar-refractivity contribution in [2.45, 2.75) is 6.04 Å². The number of hydrogen-bond acceptors (Lipinski definition) is 3. The zero-order valence-electron chi connectivity index (χ0n) is 12.8. The van der Waals surface area contributed by atoms with Gasteiger partial charge >= 0.3 is 0 Å². The molecule has 1 amide bonds. The predicted molar refractivity (Wildman–Crippen MR) is 86.3 cm³/mol. The largest absolute Gasteiger partial charge is 0.497 e. The summed E-state index contributed by atoms with van der Waals surface area (Å²) in [5.41, 5.74) is 3.52. The summed E-state index contributed by atoms with van der Waals surface area (Å²) >= 11 is 0. The molecule has 120 valence electrons. The maximum Gasteiger partial charge on any atom is 0.270 e. The molecular weight excluding hydrogens is 309 g/mol. The Morgan fingerprint density at radius 1 is 1.17 bits per heavy atom. The Morgan fingerprint density at radius 3 is 2.71 bits per heavy atom.